The molecule has 1 fully saturated rings. The fourth-order valence-electron chi connectivity index (χ4n) is 2.59. The van der Waals surface area contributed by atoms with Crippen LogP contribution in [0.15, 0.2) is 0 Å². The van der Waals surface area contributed by atoms with Gasteiger partial charge < -0.3 is 10.6 Å². The molecule has 1 aliphatic heterocycles. The van der Waals surface area contributed by atoms with Crippen LogP contribution in [0.5, 0.6) is 0 Å². The number of hydrogen-bond donors (Lipinski definition) is 2. The number of rotatable bonds is 8. The van der Waals surface area contributed by atoms with Crippen molar-refractivity contribution in [2.75, 3.05) is 32.7 Å². The maximum absolute atomic E-state index is 12.0. The summed E-state index contributed by atoms with van der Waals surface area (Å²) < 4.78 is 0. The van der Waals surface area contributed by atoms with Crippen LogP contribution < -0.4 is 10.6 Å². The molecule has 19 heavy (non-hydrogen) atoms. The Morgan fingerprint density at radius 2 is 2.05 bits per heavy atom. The molecule has 0 aromatic heterocycles. The number of carbonyl (C=O) groups excluding carboxylic acids is 1. The minimum Gasteiger partial charge on any atom is -0.355 e. The Morgan fingerprint density at radius 3 is 2.63 bits per heavy atom. The molecule has 0 bridgehead atoms. The molecule has 0 aromatic rings. The van der Waals surface area contributed by atoms with Crippen LogP contribution in [0.4, 0.5) is 0 Å². The zero-order valence-corrected chi connectivity index (χ0v) is 12.9. The van der Waals surface area contributed by atoms with E-state index in [1.807, 2.05) is 0 Å². The van der Waals surface area contributed by atoms with Gasteiger partial charge >= 0.3 is 0 Å². The van der Waals surface area contributed by atoms with Crippen molar-refractivity contribution in [2.45, 2.75) is 52.5 Å². The molecule has 0 atom stereocenters. The molecule has 112 valence electrons. The summed E-state index contributed by atoms with van der Waals surface area (Å²) in [5.41, 5.74) is 0. The predicted octanol–water partition coefficient (Wildman–Crippen LogP) is 1.61. The highest BCUT2D eigenvalue weighted by Crippen LogP contribution is 2.12. The molecule has 1 heterocycles. The van der Waals surface area contributed by atoms with Crippen molar-refractivity contribution in [3.05, 3.63) is 0 Å². The first-order valence-corrected chi connectivity index (χ1v) is 7.85. The molecule has 0 aromatic carbocycles. The average Bonchev–Trinajstić information content (AvgIpc) is 2.39. The Labute approximate surface area is 118 Å². The van der Waals surface area contributed by atoms with Gasteiger partial charge in [0.25, 0.3) is 0 Å². The summed E-state index contributed by atoms with van der Waals surface area (Å²) in [4.78, 5) is 14.4. The van der Waals surface area contributed by atoms with Crippen molar-refractivity contribution in [3.8, 4) is 0 Å². The summed E-state index contributed by atoms with van der Waals surface area (Å²) in [7, 11) is 0. The summed E-state index contributed by atoms with van der Waals surface area (Å²) in [5, 5.41) is 6.43. The zero-order chi connectivity index (χ0) is 14.1. The van der Waals surface area contributed by atoms with Crippen LogP contribution in [-0.4, -0.2) is 49.6 Å². The molecule has 0 aliphatic carbocycles. The standard InChI is InChI=1S/C15H31N3O/c1-4-11-18(14-6-8-16-9-7-14)12-15(19)17-10-5-13(2)3/h13-14,16H,4-12H2,1-3H3,(H,17,19). The SMILES string of the molecule is CCCN(CC(=O)NCCC(C)C)C1CCNCC1. The number of piperidine rings is 1. The lowest BCUT2D eigenvalue weighted by atomic mass is 10.0. The van der Waals surface area contributed by atoms with E-state index < -0.39 is 0 Å². The normalized spacial score (nSPS) is 17.1. The molecule has 0 unspecified atom stereocenters. The largest absolute Gasteiger partial charge is 0.355 e. The number of hydrogen-bond acceptors (Lipinski definition) is 3. The van der Waals surface area contributed by atoms with Gasteiger partial charge in [-0.3, -0.25) is 9.69 Å². The third-order valence-corrected chi connectivity index (χ3v) is 3.73. The topological polar surface area (TPSA) is 44.4 Å². The Kier molecular flexibility index (Phi) is 8.07. The Balaban J connectivity index is 2.32. The zero-order valence-electron chi connectivity index (χ0n) is 12.9. The maximum Gasteiger partial charge on any atom is 0.234 e. The fraction of sp³-hybridized carbons (Fsp3) is 0.933. The first kappa shape index (κ1) is 16.4. The summed E-state index contributed by atoms with van der Waals surface area (Å²) in [6, 6.07) is 0.581. The molecular formula is C15H31N3O. The third kappa shape index (κ3) is 6.92. The van der Waals surface area contributed by atoms with Gasteiger partial charge in [0, 0.05) is 12.6 Å². The van der Waals surface area contributed by atoms with E-state index in [4.69, 9.17) is 0 Å². The van der Waals surface area contributed by atoms with Crippen LogP contribution in [0.2, 0.25) is 0 Å². The van der Waals surface area contributed by atoms with E-state index >= 15 is 0 Å². The predicted molar refractivity (Wildman–Crippen MR) is 80.2 cm³/mol. The number of amides is 1. The Bertz CT molecular complexity index is 250. The van der Waals surface area contributed by atoms with Gasteiger partial charge in [-0.1, -0.05) is 20.8 Å². The van der Waals surface area contributed by atoms with E-state index in [1.54, 1.807) is 0 Å². The molecule has 2 N–H and O–H groups in total. The van der Waals surface area contributed by atoms with Crippen LogP contribution in [0.1, 0.15) is 46.5 Å². The van der Waals surface area contributed by atoms with Gasteiger partial charge in [0.2, 0.25) is 5.91 Å². The Morgan fingerprint density at radius 1 is 1.37 bits per heavy atom. The molecule has 4 heteroatoms. The summed E-state index contributed by atoms with van der Waals surface area (Å²) in [5.74, 6) is 0.837. The van der Waals surface area contributed by atoms with Crippen molar-refractivity contribution in [1.29, 1.82) is 0 Å². The van der Waals surface area contributed by atoms with Crippen molar-refractivity contribution >= 4 is 5.91 Å². The number of nitrogens with zero attached hydrogens (tertiary/aromatic N) is 1. The lowest BCUT2D eigenvalue weighted by molar-refractivity contribution is -0.123. The van der Waals surface area contributed by atoms with E-state index in [0.717, 1.165) is 39.0 Å². The highest BCUT2D eigenvalue weighted by Gasteiger charge is 2.21. The molecule has 1 aliphatic rings. The van der Waals surface area contributed by atoms with Crippen molar-refractivity contribution in [1.82, 2.24) is 15.5 Å². The van der Waals surface area contributed by atoms with Crippen molar-refractivity contribution in [3.63, 3.8) is 0 Å². The van der Waals surface area contributed by atoms with Gasteiger partial charge in [-0.25, -0.2) is 0 Å². The average molecular weight is 269 g/mol. The second-order valence-electron chi connectivity index (χ2n) is 5.98. The summed E-state index contributed by atoms with van der Waals surface area (Å²) in [6.45, 7) is 11.1. The summed E-state index contributed by atoms with van der Waals surface area (Å²) in [6.07, 6.45) is 4.51. The van der Waals surface area contributed by atoms with Crippen LogP contribution in [0, 0.1) is 5.92 Å². The van der Waals surface area contributed by atoms with E-state index in [0.29, 0.717) is 18.5 Å². The van der Waals surface area contributed by atoms with Crippen LogP contribution in [-0.2, 0) is 4.79 Å². The van der Waals surface area contributed by atoms with Crippen LogP contribution in [0.3, 0.4) is 0 Å². The summed E-state index contributed by atoms with van der Waals surface area (Å²) >= 11 is 0. The molecule has 1 saturated heterocycles. The highest BCUT2D eigenvalue weighted by atomic mass is 16.2. The fourth-order valence-corrected chi connectivity index (χ4v) is 2.59. The van der Waals surface area contributed by atoms with Gasteiger partial charge in [0.15, 0.2) is 0 Å². The monoisotopic (exact) mass is 269 g/mol. The molecule has 4 nitrogen and oxygen atoms in total. The van der Waals surface area contributed by atoms with E-state index in [2.05, 4.69) is 36.3 Å². The highest BCUT2D eigenvalue weighted by molar-refractivity contribution is 5.78. The van der Waals surface area contributed by atoms with Gasteiger partial charge in [-0.15, -0.1) is 0 Å². The molecule has 1 amide bonds. The third-order valence-electron chi connectivity index (χ3n) is 3.73. The molecule has 0 radical (unpaired) electrons. The van der Waals surface area contributed by atoms with Gasteiger partial charge in [-0.05, 0) is 51.2 Å². The molecule has 1 rings (SSSR count). The lowest BCUT2D eigenvalue weighted by Crippen LogP contribution is -2.47. The van der Waals surface area contributed by atoms with Crippen LogP contribution in [0.25, 0.3) is 0 Å². The minimum atomic E-state index is 0.188. The first-order chi connectivity index (χ1) is 9.13. The maximum atomic E-state index is 12.0. The second kappa shape index (κ2) is 9.32. The minimum absolute atomic E-state index is 0.188. The first-order valence-electron chi connectivity index (χ1n) is 7.85. The quantitative estimate of drug-likeness (QED) is 0.704. The number of nitrogens with one attached hydrogen (secondary N) is 2. The van der Waals surface area contributed by atoms with E-state index in [-0.39, 0.29) is 5.91 Å². The van der Waals surface area contributed by atoms with Crippen molar-refractivity contribution < 1.29 is 4.79 Å². The molecular weight excluding hydrogens is 238 g/mol. The van der Waals surface area contributed by atoms with Gasteiger partial charge in [-0.2, -0.15) is 0 Å². The van der Waals surface area contributed by atoms with Gasteiger partial charge in [0.05, 0.1) is 6.54 Å². The van der Waals surface area contributed by atoms with E-state index in [9.17, 15) is 4.79 Å². The van der Waals surface area contributed by atoms with Crippen LogP contribution >= 0.6 is 0 Å². The van der Waals surface area contributed by atoms with E-state index in [1.165, 1.54) is 12.8 Å². The second-order valence-corrected chi connectivity index (χ2v) is 5.98. The van der Waals surface area contributed by atoms with Gasteiger partial charge in [0.1, 0.15) is 0 Å². The Hall–Kier alpha value is -0.610. The van der Waals surface area contributed by atoms with Crippen molar-refractivity contribution in [2.24, 2.45) is 5.92 Å². The molecule has 0 spiro atoms. The number of carbonyl (C=O) groups is 1. The lowest BCUT2D eigenvalue weighted by Gasteiger charge is -2.34. The smallest absolute Gasteiger partial charge is 0.234 e. The molecule has 0 saturated carbocycles.